The molecule has 0 spiro atoms. The Kier molecular flexibility index (Phi) is 2.12. The highest BCUT2D eigenvalue weighted by Gasteiger charge is 2.44. The zero-order chi connectivity index (χ0) is 8.43. The van der Waals surface area contributed by atoms with Gasteiger partial charge in [-0.2, -0.15) is 0 Å². The number of hydrogen-bond donors (Lipinski definition) is 1. The Morgan fingerprint density at radius 2 is 2.27 bits per heavy atom. The predicted molar refractivity (Wildman–Crippen MR) is 35.9 cm³/mol. The largest absolute Gasteiger partial charge is 0.481 e. The third-order valence-corrected chi connectivity index (χ3v) is 1.90. The second kappa shape index (κ2) is 2.90. The van der Waals surface area contributed by atoms with Crippen molar-refractivity contribution in [2.75, 3.05) is 7.11 Å². The number of carboxylic acids is 1. The molecule has 0 aliphatic heterocycles. The Balaban J connectivity index is 2.23. The summed E-state index contributed by atoms with van der Waals surface area (Å²) in [5, 5.41) is 8.46. The molecule has 1 rings (SSSR count). The van der Waals surface area contributed by atoms with Gasteiger partial charge in [0.1, 0.15) is 0 Å². The number of carboxylic acid groups (broad SMARTS) is 1. The topological polar surface area (TPSA) is 63.6 Å². The zero-order valence-corrected chi connectivity index (χ0v) is 6.24. The maximum atomic E-state index is 10.6. The summed E-state index contributed by atoms with van der Waals surface area (Å²) in [4.78, 5) is 20.9. The number of carbonyl (C=O) groups is 2. The smallest absolute Gasteiger partial charge is 0.306 e. The summed E-state index contributed by atoms with van der Waals surface area (Å²) in [5.74, 6) is -1.42. The van der Waals surface area contributed by atoms with E-state index in [4.69, 9.17) is 5.11 Å². The van der Waals surface area contributed by atoms with Crippen molar-refractivity contribution in [3.8, 4) is 0 Å². The molecule has 4 heteroatoms. The zero-order valence-electron chi connectivity index (χ0n) is 6.24. The van der Waals surface area contributed by atoms with E-state index < -0.39 is 5.97 Å². The molecule has 2 atom stereocenters. The van der Waals surface area contributed by atoms with E-state index in [0.29, 0.717) is 6.42 Å². The lowest BCUT2D eigenvalue weighted by Gasteiger charge is -1.94. The number of aliphatic carboxylic acids is 1. The van der Waals surface area contributed by atoms with Crippen molar-refractivity contribution in [2.24, 2.45) is 11.8 Å². The number of esters is 1. The SMILES string of the molecule is COC(=O)C[C@H]1C[C@H]1C(=O)O. The second-order valence-electron chi connectivity index (χ2n) is 2.72. The van der Waals surface area contributed by atoms with Gasteiger partial charge in [-0.3, -0.25) is 9.59 Å². The maximum Gasteiger partial charge on any atom is 0.306 e. The fourth-order valence-electron chi connectivity index (χ4n) is 1.07. The van der Waals surface area contributed by atoms with E-state index in [1.165, 1.54) is 7.11 Å². The van der Waals surface area contributed by atoms with Crippen LogP contribution in [0.1, 0.15) is 12.8 Å². The predicted octanol–water partition coefficient (Wildman–Crippen LogP) is 0.270. The van der Waals surface area contributed by atoms with Gasteiger partial charge in [0.2, 0.25) is 0 Å². The first-order valence-corrected chi connectivity index (χ1v) is 3.44. The van der Waals surface area contributed by atoms with Gasteiger partial charge in [-0.05, 0) is 12.3 Å². The molecule has 1 aliphatic carbocycles. The minimum Gasteiger partial charge on any atom is -0.481 e. The average Bonchev–Trinajstić information content (AvgIpc) is 2.67. The van der Waals surface area contributed by atoms with E-state index in [1.54, 1.807) is 0 Å². The molecule has 0 aromatic heterocycles. The van der Waals surface area contributed by atoms with Crippen LogP contribution in [0.25, 0.3) is 0 Å². The number of hydrogen-bond acceptors (Lipinski definition) is 3. The van der Waals surface area contributed by atoms with Crippen molar-refractivity contribution in [1.29, 1.82) is 0 Å². The van der Waals surface area contributed by atoms with Gasteiger partial charge >= 0.3 is 11.9 Å². The van der Waals surface area contributed by atoms with Gasteiger partial charge in [-0.1, -0.05) is 0 Å². The van der Waals surface area contributed by atoms with Crippen molar-refractivity contribution in [1.82, 2.24) is 0 Å². The summed E-state index contributed by atoms with van der Waals surface area (Å²) >= 11 is 0. The molecule has 0 aromatic rings. The van der Waals surface area contributed by atoms with Crippen LogP contribution in [0.3, 0.4) is 0 Å². The first-order valence-electron chi connectivity index (χ1n) is 3.44. The minimum absolute atomic E-state index is 0.0138. The van der Waals surface area contributed by atoms with Crippen LogP contribution in [-0.4, -0.2) is 24.2 Å². The fourth-order valence-corrected chi connectivity index (χ4v) is 1.07. The number of carbonyl (C=O) groups excluding carboxylic acids is 1. The molecule has 0 heterocycles. The highest BCUT2D eigenvalue weighted by atomic mass is 16.5. The van der Waals surface area contributed by atoms with Crippen molar-refractivity contribution >= 4 is 11.9 Å². The van der Waals surface area contributed by atoms with Gasteiger partial charge in [0.15, 0.2) is 0 Å². The lowest BCUT2D eigenvalue weighted by Crippen LogP contribution is -2.05. The molecule has 0 aromatic carbocycles. The average molecular weight is 158 g/mol. The van der Waals surface area contributed by atoms with Crippen LogP contribution in [0.5, 0.6) is 0 Å². The van der Waals surface area contributed by atoms with Crippen molar-refractivity contribution in [3.05, 3.63) is 0 Å². The third kappa shape index (κ3) is 1.93. The van der Waals surface area contributed by atoms with E-state index >= 15 is 0 Å². The van der Waals surface area contributed by atoms with Crippen LogP contribution in [0.2, 0.25) is 0 Å². The Bertz CT molecular complexity index is 187. The Hall–Kier alpha value is -1.06. The third-order valence-electron chi connectivity index (χ3n) is 1.90. The molecule has 1 aliphatic rings. The Morgan fingerprint density at radius 1 is 1.64 bits per heavy atom. The van der Waals surface area contributed by atoms with Gasteiger partial charge in [-0.15, -0.1) is 0 Å². The molecule has 4 nitrogen and oxygen atoms in total. The number of methoxy groups -OCH3 is 1. The number of ether oxygens (including phenoxy) is 1. The van der Waals surface area contributed by atoms with Gasteiger partial charge < -0.3 is 9.84 Å². The summed E-state index contributed by atoms with van der Waals surface area (Å²) in [6, 6.07) is 0. The molecule has 1 N–H and O–H groups in total. The molecule has 11 heavy (non-hydrogen) atoms. The summed E-state index contributed by atoms with van der Waals surface area (Å²) in [6.45, 7) is 0. The monoisotopic (exact) mass is 158 g/mol. The summed E-state index contributed by atoms with van der Waals surface area (Å²) in [5.41, 5.74) is 0. The molecule has 62 valence electrons. The lowest BCUT2D eigenvalue weighted by atomic mass is 10.2. The van der Waals surface area contributed by atoms with E-state index in [9.17, 15) is 9.59 Å². The molecule has 0 amide bonds. The number of rotatable bonds is 3. The first kappa shape index (κ1) is 8.04. The van der Waals surface area contributed by atoms with E-state index in [2.05, 4.69) is 4.74 Å². The molecule has 0 bridgehead atoms. The van der Waals surface area contributed by atoms with Crippen molar-refractivity contribution in [2.45, 2.75) is 12.8 Å². The normalized spacial score (nSPS) is 27.7. The lowest BCUT2D eigenvalue weighted by molar-refractivity contribution is -0.141. The molecular weight excluding hydrogens is 148 g/mol. The second-order valence-corrected chi connectivity index (χ2v) is 2.72. The van der Waals surface area contributed by atoms with Gasteiger partial charge in [0.25, 0.3) is 0 Å². The van der Waals surface area contributed by atoms with Crippen LogP contribution in [-0.2, 0) is 14.3 Å². The minimum atomic E-state index is -0.807. The highest BCUT2D eigenvalue weighted by Crippen LogP contribution is 2.41. The van der Waals surface area contributed by atoms with Gasteiger partial charge in [-0.25, -0.2) is 0 Å². The van der Waals surface area contributed by atoms with Crippen molar-refractivity contribution < 1.29 is 19.4 Å². The van der Waals surface area contributed by atoms with Crippen LogP contribution in [0.15, 0.2) is 0 Å². The molecule has 1 fully saturated rings. The van der Waals surface area contributed by atoms with Crippen LogP contribution >= 0.6 is 0 Å². The molecule has 1 saturated carbocycles. The quantitative estimate of drug-likeness (QED) is 0.599. The van der Waals surface area contributed by atoms with Gasteiger partial charge in [0.05, 0.1) is 13.0 Å². The summed E-state index contributed by atoms with van der Waals surface area (Å²) < 4.78 is 4.40. The molecule has 0 saturated heterocycles. The van der Waals surface area contributed by atoms with E-state index in [-0.39, 0.29) is 24.2 Å². The van der Waals surface area contributed by atoms with E-state index in [0.717, 1.165) is 0 Å². The Labute approximate surface area is 64.2 Å². The maximum absolute atomic E-state index is 10.6. The van der Waals surface area contributed by atoms with Gasteiger partial charge in [0, 0.05) is 6.42 Å². The fraction of sp³-hybridized carbons (Fsp3) is 0.714. The molecule has 0 radical (unpaired) electrons. The standard InChI is InChI=1S/C7H10O4/c1-11-6(8)3-4-2-5(4)7(9)10/h4-5H,2-3H2,1H3,(H,9,10)/t4-,5-/m1/s1. The first-order chi connectivity index (χ1) is 5.15. The van der Waals surface area contributed by atoms with Crippen molar-refractivity contribution in [3.63, 3.8) is 0 Å². The van der Waals surface area contributed by atoms with Crippen LogP contribution in [0.4, 0.5) is 0 Å². The molecular formula is C7H10O4. The summed E-state index contributed by atoms with van der Waals surface area (Å²) in [6.07, 6.45) is 0.859. The van der Waals surface area contributed by atoms with E-state index in [1.807, 2.05) is 0 Å². The Morgan fingerprint density at radius 3 is 2.64 bits per heavy atom. The highest BCUT2D eigenvalue weighted by molar-refractivity contribution is 5.76. The summed E-state index contributed by atoms with van der Waals surface area (Å²) in [7, 11) is 1.31. The van der Waals surface area contributed by atoms with Crippen LogP contribution < -0.4 is 0 Å². The van der Waals surface area contributed by atoms with Crippen LogP contribution in [0, 0.1) is 11.8 Å². The molecule has 0 unspecified atom stereocenters.